The standard InChI is InChI=1S/C26H31N5O3/c1-29-15-23(14-28-29)16-31-18-25(34-20-22-9-11-27-12-10-22)17-30(19-26(31)32)13-3-4-21-5-7-24(33-2)8-6-21/h3-12,14-15,25H,13,16-20H2,1-2H3/b4-3+. The molecule has 1 fully saturated rings. The topological polar surface area (TPSA) is 72.7 Å². The largest absolute Gasteiger partial charge is 0.497 e. The number of ether oxygens (including phenoxy) is 2. The summed E-state index contributed by atoms with van der Waals surface area (Å²) in [6.45, 7) is 3.23. The van der Waals surface area contributed by atoms with Crippen molar-refractivity contribution in [3.8, 4) is 5.75 Å². The molecule has 0 spiro atoms. The molecule has 4 rings (SSSR count). The number of rotatable bonds is 9. The highest BCUT2D eigenvalue weighted by molar-refractivity contribution is 5.78. The molecule has 0 aliphatic carbocycles. The van der Waals surface area contributed by atoms with Crippen LogP contribution in [-0.4, -0.2) is 69.9 Å². The van der Waals surface area contributed by atoms with Crippen molar-refractivity contribution in [3.63, 3.8) is 0 Å². The lowest BCUT2D eigenvalue weighted by molar-refractivity contribution is -0.132. The monoisotopic (exact) mass is 461 g/mol. The maximum atomic E-state index is 13.1. The van der Waals surface area contributed by atoms with Crippen LogP contribution in [0.4, 0.5) is 0 Å². The summed E-state index contributed by atoms with van der Waals surface area (Å²) in [5.74, 6) is 0.926. The van der Waals surface area contributed by atoms with Crippen molar-refractivity contribution >= 4 is 12.0 Å². The number of benzene rings is 1. The lowest BCUT2D eigenvalue weighted by atomic mass is 10.2. The van der Waals surface area contributed by atoms with E-state index in [9.17, 15) is 4.79 Å². The van der Waals surface area contributed by atoms with Gasteiger partial charge < -0.3 is 14.4 Å². The SMILES string of the molecule is COc1ccc(/C=C/CN2CC(=O)N(Cc3cnn(C)c3)CC(OCc3ccncc3)C2)cc1. The Morgan fingerprint density at radius 3 is 2.59 bits per heavy atom. The summed E-state index contributed by atoms with van der Waals surface area (Å²) >= 11 is 0. The van der Waals surface area contributed by atoms with Crippen LogP contribution < -0.4 is 4.74 Å². The van der Waals surface area contributed by atoms with Gasteiger partial charge in [-0.1, -0.05) is 24.3 Å². The first-order chi connectivity index (χ1) is 16.6. The van der Waals surface area contributed by atoms with Crippen molar-refractivity contribution in [2.24, 2.45) is 7.05 Å². The average Bonchev–Trinajstić information content (AvgIpc) is 3.20. The summed E-state index contributed by atoms with van der Waals surface area (Å²) < 4.78 is 13.2. The van der Waals surface area contributed by atoms with Crippen molar-refractivity contribution in [2.75, 3.05) is 33.3 Å². The van der Waals surface area contributed by atoms with E-state index in [4.69, 9.17) is 9.47 Å². The normalized spacial score (nSPS) is 17.3. The number of carbonyl (C=O) groups is 1. The first kappa shape index (κ1) is 23.7. The van der Waals surface area contributed by atoms with Gasteiger partial charge in [0.2, 0.25) is 5.91 Å². The molecule has 2 aromatic heterocycles. The molecule has 1 unspecified atom stereocenters. The average molecular weight is 462 g/mol. The smallest absolute Gasteiger partial charge is 0.237 e. The Bertz CT molecular complexity index is 1080. The van der Waals surface area contributed by atoms with Gasteiger partial charge in [0.25, 0.3) is 0 Å². The molecule has 34 heavy (non-hydrogen) atoms. The minimum atomic E-state index is -0.106. The third-order valence-electron chi connectivity index (χ3n) is 5.75. The zero-order valence-corrected chi connectivity index (χ0v) is 19.7. The van der Waals surface area contributed by atoms with E-state index in [2.05, 4.69) is 27.1 Å². The van der Waals surface area contributed by atoms with E-state index in [1.165, 1.54) is 0 Å². The van der Waals surface area contributed by atoms with Crippen LogP contribution in [0.1, 0.15) is 16.7 Å². The first-order valence-electron chi connectivity index (χ1n) is 11.4. The number of hydrogen-bond acceptors (Lipinski definition) is 6. The molecule has 1 saturated heterocycles. The highest BCUT2D eigenvalue weighted by Crippen LogP contribution is 2.15. The number of aromatic nitrogens is 3. The van der Waals surface area contributed by atoms with E-state index in [-0.39, 0.29) is 12.0 Å². The Labute approximate surface area is 200 Å². The van der Waals surface area contributed by atoms with Crippen LogP contribution in [0.25, 0.3) is 6.08 Å². The number of pyridine rings is 1. The molecule has 8 heteroatoms. The van der Waals surface area contributed by atoms with Gasteiger partial charge in [-0.3, -0.25) is 19.4 Å². The van der Waals surface area contributed by atoms with Crippen LogP contribution in [0, 0.1) is 0 Å². The third kappa shape index (κ3) is 6.76. The molecule has 1 aromatic carbocycles. The van der Waals surface area contributed by atoms with E-state index < -0.39 is 0 Å². The molecule has 1 aliphatic rings. The van der Waals surface area contributed by atoms with E-state index in [1.807, 2.05) is 54.5 Å². The van der Waals surface area contributed by atoms with Gasteiger partial charge in [-0.15, -0.1) is 0 Å². The minimum absolute atomic E-state index is 0.0942. The fourth-order valence-electron chi connectivity index (χ4n) is 3.97. The third-order valence-corrected chi connectivity index (χ3v) is 5.75. The molecule has 8 nitrogen and oxygen atoms in total. The van der Waals surface area contributed by atoms with Gasteiger partial charge in [-0.25, -0.2) is 0 Å². The van der Waals surface area contributed by atoms with Crippen LogP contribution in [0.2, 0.25) is 0 Å². The predicted molar refractivity (Wildman–Crippen MR) is 130 cm³/mol. The maximum absolute atomic E-state index is 13.1. The zero-order valence-electron chi connectivity index (χ0n) is 19.7. The highest BCUT2D eigenvalue weighted by Gasteiger charge is 2.28. The molecule has 0 N–H and O–H groups in total. The Morgan fingerprint density at radius 1 is 1.09 bits per heavy atom. The second kappa shape index (κ2) is 11.6. The van der Waals surface area contributed by atoms with Gasteiger partial charge in [0.1, 0.15) is 5.75 Å². The Morgan fingerprint density at radius 2 is 1.88 bits per heavy atom. The predicted octanol–water partition coefficient (Wildman–Crippen LogP) is 2.77. The van der Waals surface area contributed by atoms with Gasteiger partial charge >= 0.3 is 0 Å². The van der Waals surface area contributed by atoms with Crippen LogP contribution in [0.5, 0.6) is 5.75 Å². The minimum Gasteiger partial charge on any atom is -0.497 e. The Hall–Kier alpha value is -3.49. The van der Waals surface area contributed by atoms with Crippen molar-refractivity contribution in [1.82, 2.24) is 24.6 Å². The summed E-state index contributed by atoms with van der Waals surface area (Å²) in [6.07, 6.45) is 11.3. The number of methoxy groups -OCH3 is 1. The molecule has 0 radical (unpaired) electrons. The van der Waals surface area contributed by atoms with E-state index >= 15 is 0 Å². The summed E-state index contributed by atoms with van der Waals surface area (Å²) in [4.78, 5) is 21.2. The lowest BCUT2D eigenvalue weighted by Gasteiger charge is -2.24. The number of amides is 1. The quantitative estimate of drug-likeness (QED) is 0.488. The first-order valence-corrected chi connectivity index (χ1v) is 11.4. The second-order valence-corrected chi connectivity index (χ2v) is 8.45. The van der Waals surface area contributed by atoms with Gasteiger partial charge in [-0.2, -0.15) is 5.10 Å². The summed E-state index contributed by atoms with van der Waals surface area (Å²) in [6, 6.07) is 11.8. The molecular formula is C26H31N5O3. The number of hydrogen-bond donors (Lipinski definition) is 0. The molecule has 0 saturated carbocycles. The Balaban J connectivity index is 1.43. The molecule has 1 amide bonds. The van der Waals surface area contributed by atoms with E-state index in [0.717, 1.165) is 22.4 Å². The van der Waals surface area contributed by atoms with Crippen molar-refractivity contribution in [2.45, 2.75) is 19.3 Å². The van der Waals surface area contributed by atoms with Gasteiger partial charge in [0.15, 0.2) is 0 Å². The van der Waals surface area contributed by atoms with Crippen LogP contribution in [0.15, 0.2) is 67.3 Å². The van der Waals surface area contributed by atoms with Crippen LogP contribution in [-0.2, 0) is 29.7 Å². The highest BCUT2D eigenvalue weighted by atomic mass is 16.5. The number of carbonyl (C=O) groups excluding carboxylic acids is 1. The lowest BCUT2D eigenvalue weighted by Crippen LogP contribution is -2.37. The molecule has 1 aliphatic heterocycles. The summed E-state index contributed by atoms with van der Waals surface area (Å²) in [5.41, 5.74) is 3.16. The molecule has 3 aromatic rings. The Kier molecular flexibility index (Phi) is 8.06. The van der Waals surface area contributed by atoms with Gasteiger partial charge in [-0.05, 0) is 35.4 Å². The van der Waals surface area contributed by atoms with E-state index in [0.29, 0.717) is 39.3 Å². The molecule has 0 bridgehead atoms. The van der Waals surface area contributed by atoms with Crippen LogP contribution in [0.3, 0.4) is 0 Å². The van der Waals surface area contributed by atoms with Crippen molar-refractivity contribution < 1.29 is 14.3 Å². The second-order valence-electron chi connectivity index (χ2n) is 8.45. The summed E-state index contributed by atoms with van der Waals surface area (Å²) in [5, 5.41) is 4.23. The zero-order chi connectivity index (χ0) is 23.8. The molecule has 1 atom stereocenters. The number of nitrogens with zero attached hydrogens (tertiary/aromatic N) is 5. The summed E-state index contributed by atoms with van der Waals surface area (Å²) in [7, 11) is 3.54. The van der Waals surface area contributed by atoms with Gasteiger partial charge in [0.05, 0.1) is 32.6 Å². The van der Waals surface area contributed by atoms with Crippen LogP contribution >= 0.6 is 0 Å². The fraction of sp³-hybridized carbons (Fsp3) is 0.346. The maximum Gasteiger partial charge on any atom is 0.237 e. The van der Waals surface area contributed by atoms with Gasteiger partial charge in [0, 0.05) is 57.4 Å². The number of aryl methyl sites for hydroxylation is 1. The van der Waals surface area contributed by atoms with Crippen molar-refractivity contribution in [3.05, 3.63) is 84.0 Å². The van der Waals surface area contributed by atoms with Crippen molar-refractivity contribution in [1.29, 1.82) is 0 Å². The fourth-order valence-corrected chi connectivity index (χ4v) is 3.97. The molecular weight excluding hydrogens is 430 g/mol. The van der Waals surface area contributed by atoms with E-state index in [1.54, 1.807) is 30.4 Å². The molecule has 3 heterocycles. The molecule has 178 valence electrons.